The summed E-state index contributed by atoms with van der Waals surface area (Å²) < 4.78 is 12.2. The van der Waals surface area contributed by atoms with Crippen LogP contribution in [0.1, 0.15) is 51.9 Å². The second kappa shape index (κ2) is 7.98. The Hall–Kier alpha value is -0.240. The first-order valence-electron chi connectivity index (χ1n) is 10.0. The molecule has 6 nitrogen and oxygen atoms in total. The Morgan fingerprint density at radius 1 is 0.958 bits per heavy atom. The summed E-state index contributed by atoms with van der Waals surface area (Å²) >= 11 is 0. The standard InChI is InChI=1S/C18H34N4O2/c1-12-7-8-19-11-23-10-13-3-2-4-14(9-13)17-18-15(21-22-17)5-6-16(20-18)24-12/h12-22H,2-11H2,1H3/t12-,13?,14?,15?,16?,17?,18?/m1/s1. The van der Waals surface area contributed by atoms with E-state index in [9.17, 15) is 0 Å². The molecule has 0 aromatic rings. The largest absolute Gasteiger partial charge is 0.366 e. The Balaban J connectivity index is 1.46. The van der Waals surface area contributed by atoms with Crippen LogP contribution in [-0.2, 0) is 9.47 Å². The first kappa shape index (κ1) is 17.2. The van der Waals surface area contributed by atoms with Crippen LogP contribution < -0.4 is 21.5 Å². The Morgan fingerprint density at radius 3 is 2.88 bits per heavy atom. The van der Waals surface area contributed by atoms with Crippen molar-refractivity contribution in [1.29, 1.82) is 0 Å². The molecule has 0 aromatic carbocycles. The SMILES string of the molecule is C[C@@H]1CCNCOCC2CCCC(C2)C2NNC3CCC(NC32)O1. The number of rotatable bonds is 0. The molecule has 0 radical (unpaired) electrons. The van der Waals surface area contributed by atoms with Crippen molar-refractivity contribution in [2.45, 2.75) is 82.3 Å². The van der Waals surface area contributed by atoms with E-state index < -0.39 is 0 Å². The zero-order valence-electron chi connectivity index (χ0n) is 14.9. The summed E-state index contributed by atoms with van der Waals surface area (Å²) in [6.45, 7) is 4.71. The quantitative estimate of drug-likeness (QED) is 0.530. The van der Waals surface area contributed by atoms with Crippen LogP contribution in [0.3, 0.4) is 0 Å². The number of piperidine rings is 1. The molecule has 3 aliphatic heterocycles. The third-order valence-corrected chi connectivity index (χ3v) is 6.39. The predicted molar refractivity (Wildman–Crippen MR) is 93.2 cm³/mol. The highest BCUT2D eigenvalue weighted by Crippen LogP contribution is 2.35. The Bertz CT molecular complexity index is 410. The van der Waals surface area contributed by atoms with Gasteiger partial charge in [0.2, 0.25) is 0 Å². The van der Waals surface area contributed by atoms with Crippen LogP contribution >= 0.6 is 0 Å². The molecule has 4 fully saturated rings. The van der Waals surface area contributed by atoms with E-state index in [2.05, 4.69) is 28.4 Å². The van der Waals surface area contributed by atoms with Gasteiger partial charge in [-0.05, 0) is 63.8 Å². The minimum absolute atomic E-state index is 0.200. The molecule has 4 aliphatic rings. The van der Waals surface area contributed by atoms with Gasteiger partial charge in [-0.15, -0.1) is 0 Å². The van der Waals surface area contributed by atoms with Crippen molar-refractivity contribution in [1.82, 2.24) is 21.5 Å². The maximum absolute atomic E-state index is 6.28. The molecule has 0 spiro atoms. The van der Waals surface area contributed by atoms with Crippen LogP contribution in [-0.4, -0.2) is 50.3 Å². The van der Waals surface area contributed by atoms with Gasteiger partial charge in [-0.2, -0.15) is 0 Å². The molecule has 7 atom stereocenters. The van der Waals surface area contributed by atoms with Gasteiger partial charge >= 0.3 is 0 Å². The van der Waals surface area contributed by atoms with Gasteiger partial charge < -0.3 is 9.47 Å². The Labute approximate surface area is 145 Å². The third kappa shape index (κ3) is 3.94. The topological polar surface area (TPSA) is 66.6 Å². The highest BCUT2D eigenvalue weighted by molar-refractivity contribution is 5.03. The van der Waals surface area contributed by atoms with E-state index in [0.717, 1.165) is 31.9 Å². The monoisotopic (exact) mass is 338 g/mol. The summed E-state index contributed by atoms with van der Waals surface area (Å²) in [5.41, 5.74) is 7.18. The van der Waals surface area contributed by atoms with Crippen LogP contribution in [0.25, 0.3) is 0 Å². The van der Waals surface area contributed by atoms with Crippen molar-refractivity contribution >= 4 is 0 Å². The molecule has 3 saturated heterocycles. The first-order chi connectivity index (χ1) is 11.8. The van der Waals surface area contributed by atoms with Gasteiger partial charge in [-0.1, -0.05) is 6.42 Å². The molecule has 4 rings (SSSR count). The zero-order chi connectivity index (χ0) is 16.4. The summed E-state index contributed by atoms with van der Waals surface area (Å²) in [6.07, 6.45) is 9.06. The summed E-state index contributed by atoms with van der Waals surface area (Å²) in [7, 11) is 0. The fourth-order valence-electron chi connectivity index (χ4n) is 5.09. The lowest BCUT2D eigenvalue weighted by molar-refractivity contribution is -0.0507. The molecule has 24 heavy (non-hydrogen) atoms. The molecular weight excluding hydrogens is 304 g/mol. The predicted octanol–water partition coefficient (Wildman–Crippen LogP) is 1.09. The number of ether oxygens (including phenoxy) is 2. The second-order valence-corrected chi connectivity index (χ2v) is 8.22. The van der Waals surface area contributed by atoms with Crippen LogP contribution in [0.2, 0.25) is 0 Å². The average Bonchev–Trinajstić information content (AvgIpc) is 3.01. The van der Waals surface area contributed by atoms with Crippen molar-refractivity contribution in [2.75, 3.05) is 19.9 Å². The van der Waals surface area contributed by atoms with E-state index in [-0.39, 0.29) is 12.3 Å². The third-order valence-electron chi connectivity index (χ3n) is 6.39. The fraction of sp³-hybridized carbons (Fsp3) is 1.00. The minimum Gasteiger partial charge on any atom is -0.366 e. The summed E-state index contributed by atoms with van der Waals surface area (Å²) in [5.74, 6) is 1.45. The van der Waals surface area contributed by atoms with E-state index in [0.29, 0.717) is 30.8 Å². The number of hydrogen-bond donors (Lipinski definition) is 4. The van der Waals surface area contributed by atoms with E-state index in [1.165, 1.54) is 32.1 Å². The van der Waals surface area contributed by atoms with Crippen LogP contribution in [0.5, 0.6) is 0 Å². The highest BCUT2D eigenvalue weighted by Gasteiger charge is 2.44. The number of nitrogens with one attached hydrogen (secondary N) is 4. The summed E-state index contributed by atoms with van der Waals surface area (Å²) in [5, 5.41) is 7.22. The maximum Gasteiger partial charge on any atom is 0.108 e. The van der Waals surface area contributed by atoms with Crippen molar-refractivity contribution in [2.24, 2.45) is 11.8 Å². The number of hydrogen-bond acceptors (Lipinski definition) is 6. The molecular formula is C18H34N4O2. The van der Waals surface area contributed by atoms with E-state index >= 15 is 0 Å². The van der Waals surface area contributed by atoms with Crippen molar-refractivity contribution < 1.29 is 9.47 Å². The lowest BCUT2D eigenvalue weighted by Gasteiger charge is -2.40. The van der Waals surface area contributed by atoms with Crippen molar-refractivity contribution in [3.05, 3.63) is 0 Å². The van der Waals surface area contributed by atoms with Crippen LogP contribution in [0, 0.1) is 11.8 Å². The van der Waals surface area contributed by atoms with Crippen LogP contribution in [0.4, 0.5) is 0 Å². The Kier molecular flexibility index (Phi) is 5.71. The zero-order valence-corrected chi connectivity index (χ0v) is 14.9. The fourth-order valence-corrected chi connectivity index (χ4v) is 5.09. The van der Waals surface area contributed by atoms with Gasteiger partial charge in [-0.25, -0.2) is 0 Å². The molecule has 4 bridgehead atoms. The van der Waals surface area contributed by atoms with Gasteiger partial charge in [-0.3, -0.25) is 21.5 Å². The van der Waals surface area contributed by atoms with E-state index in [4.69, 9.17) is 9.47 Å². The average molecular weight is 338 g/mol. The summed E-state index contributed by atoms with van der Waals surface area (Å²) in [6, 6.07) is 1.55. The molecule has 6 unspecified atom stereocenters. The van der Waals surface area contributed by atoms with Gasteiger partial charge in [0.1, 0.15) is 6.23 Å². The molecule has 0 aromatic heterocycles. The lowest BCUT2D eigenvalue weighted by atomic mass is 9.75. The normalized spacial score (nSPS) is 47.6. The minimum atomic E-state index is 0.200. The highest BCUT2D eigenvalue weighted by atomic mass is 16.5. The molecule has 3 heterocycles. The van der Waals surface area contributed by atoms with Gasteiger partial charge in [0.05, 0.1) is 19.4 Å². The molecule has 1 saturated carbocycles. The smallest absolute Gasteiger partial charge is 0.108 e. The van der Waals surface area contributed by atoms with Crippen molar-refractivity contribution in [3.63, 3.8) is 0 Å². The van der Waals surface area contributed by atoms with Gasteiger partial charge in [0, 0.05) is 18.1 Å². The van der Waals surface area contributed by atoms with E-state index in [1.807, 2.05) is 0 Å². The molecule has 4 N–H and O–H groups in total. The number of hydrazine groups is 1. The Morgan fingerprint density at radius 2 is 1.92 bits per heavy atom. The molecule has 6 heteroatoms. The molecule has 138 valence electrons. The maximum atomic E-state index is 6.28. The van der Waals surface area contributed by atoms with Crippen molar-refractivity contribution in [3.8, 4) is 0 Å². The first-order valence-corrected chi connectivity index (χ1v) is 10.0. The molecule has 1 aliphatic carbocycles. The summed E-state index contributed by atoms with van der Waals surface area (Å²) in [4.78, 5) is 0. The lowest BCUT2D eigenvalue weighted by Crippen LogP contribution is -2.57. The van der Waals surface area contributed by atoms with Gasteiger partial charge in [0.25, 0.3) is 0 Å². The van der Waals surface area contributed by atoms with Gasteiger partial charge in [0.15, 0.2) is 0 Å². The second-order valence-electron chi connectivity index (χ2n) is 8.22. The van der Waals surface area contributed by atoms with Crippen LogP contribution in [0.15, 0.2) is 0 Å². The number of fused-ring (bicyclic) bond motifs is 4. The molecule has 0 amide bonds. The van der Waals surface area contributed by atoms with E-state index in [1.54, 1.807) is 0 Å².